The first-order valence-corrected chi connectivity index (χ1v) is 11.9. The van der Waals surface area contributed by atoms with Crippen molar-refractivity contribution in [2.75, 3.05) is 11.9 Å². The Morgan fingerprint density at radius 2 is 2.00 bits per heavy atom. The molecule has 0 aliphatic rings. The molecule has 148 valence electrons. The number of benzene rings is 1. The second-order valence-electron chi connectivity index (χ2n) is 6.55. The Bertz CT molecular complexity index is 875. The summed E-state index contributed by atoms with van der Waals surface area (Å²) in [4.78, 5) is 16.2. The van der Waals surface area contributed by atoms with Gasteiger partial charge in [-0.05, 0) is 49.5 Å². The SMILES string of the molecule is CCN(Cc1ccc(C(=O)Nc2nnc(SCc3cccs3)s2)cc1)C(C)C. The maximum Gasteiger partial charge on any atom is 0.257 e. The van der Waals surface area contributed by atoms with E-state index in [9.17, 15) is 4.79 Å². The minimum atomic E-state index is -0.159. The number of amides is 1. The van der Waals surface area contributed by atoms with Crippen LogP contribution in [0.3, 0.4) is 0 Å². The Labute approximate surface area is 178 Å². The molecule has 28 heavy (non-hydrogen) atoms. The molecule has 0 saturated heterocycles. The van der Waals surface area contributed by atoms with Gasteiger partial charge in [0, 0.05) is 28.8 Å². The zero-order valence-electron chi connectivity index (χ0n) is 16.2. The first-order chi connectivity index (χ1) is 13.5. The van der Waals surface area contributed by atoms with Crippen LogP contribution in [0, 0.1) is 0 Å². The van der Waals surface area contributed by atoms with Gasteiger partial charge in [-0.2, -0.15) is 0 Å². The molecule has 0 fully saturated rings. The summed E-state index contributed by atoms with van der Waals surface area (Å²) in [7, 11) is 0. The molecule has 0 unspecified atom stereocenters. The van der Waals surface area contributed by atoms with Gasteiger partial charge in [-0.3, -0.25) is 15.0 Å². The number of nitrogens with one attached hydrogen (secondary N) is 1. The maximum absolute atomic E-state index is 12.5. The molecule has 0 saturated carbocycles. The molecule has 8 heteroatoms. The number of nitrogens with zero attached hydrogens (tertiary/aromatic N) is 3. The highest BCUT2D eigenvalue weighted by Gasteiger charge is 2.12. The number of aromatic nitrogens is 2. The predicted octanol–water partition coefficient (Wildman–Crippen LogP) is 5.37. The Balaban J connectivity index is 1.54. The fourth-order valence-corrected chi connectivity index (χ4v) is 5.19. The lowest BCUT2D eigenvalue weighted by atomic mass is 10.1. The van der Waals surface area contributed by atoms with E-state index in [0.29, 0.717) is 16.7 Å². The van der Waals surface area contributed by atoms with Gasteiger partial charge < -0.3 is 0 Å². The van der Waals surface area contributed by atoms with Crippen LogP contribution in [0.25, 0.3) is 0 Å². The molecular weight excluding hydrogens is 408 g/mol. The summed E-state index contributed by atoms with van der Waals surface area (Å²) in [6.07, 6.45) is 0. The van der Waals surface area contributed by atoms with Gasteiger partial charge in [0.2, 0.25) is 5.13 Å². The normalized spacial score (nSPS) is 11.3. The highest BCUT2D eigenvalue weighted by Crippen LogP contribution is 2.29. The fraction of sp³-hybridized carbons (Fsp3) is 0.350. The average Bonchev–Trinajstić information content (AvgIpc) is 3.36. The lowest BCUT2D eigenvalue weighted by Crippen LogP contribution is -2.29. The van der Waals surface area contributed by atoms with E-state index in [0.717, 1.165) is 23.2 Å². The van der Waals surface area contributed by atoms with Crippen molar-refractivity contribution in [2.24, 2.45) is 0 Å². The van der Waals surface area contributed by atoms with Gasteiger partial charge in [0.25, 0.3) is 5.91 Å². The highest BCUT2D eigenvalue weighted by atomic mass is 32.2. The molecule has 0 bridgehead atoms. The number of hydrogen-bond donors (Lipinski definition) is 1. The molecule has 3 aromatic rings. The van der Waals surface area contributed by atoms with Crippen LogP contribution >= 0.6 is 34.4 Å². The van der Waals surface area contributed by atoms with Crippen LogP contribution in [0.1, 0.15) is 41.6 Å². The summed E-state index contributed by atoms with van der Waals surface area (Å²) >= 11 is 4.76. The summed E-state index contributed by atoms with van der Waals surface area (Å²) in [5, 5.41) is 13.7. The lowest BCUT2D eigenvalue weighted by Gasteiger charge is -2.24. The van der Waals surface area contributed by atoms with E-state index in [2.05, 4.69) is 52.6 Å². The third kappa shape index (κ3) is 5.88. The highest BCUT2D eigenvalue weighted by molar-refractivity contribution is 8.00. The third-order valence-corrected chi connectivity index (χ3v) is 7.36. The van der Waals surface area contributed by atoms with Gasteiger partial charge in [-0.15, -0.1) is 21.5 Å². The van der Waals surface area contributed by atoms with Gasteiger partial charge in [-0.25, -0.2) is 0 Å². The lowest BCUT2D eigenvalue weighted by molar-refractivity contribution is 0.102. The van der Waals surface area contributed by atoms with Crippen LogP contribution in [0.5, 0.6) is 0 Å². The number of hydrogen-bond acceptors (Lipinski definition) is 7. The third-order valence-electron chi connectivity index (χ3n) is 4.28. The molecule has 0 spiro atoms. The van der Waals surface area contributed by atoms with Gasteiger partial charge in [0.15, 0.2) is 4.34 Å². The van der Waals surface area contributed by atoms with Crippen LogP contribution in [0.15, 0.2) is 46.1 Å². The zero-order valence-corrected chi connectivity index (χ0v) is 18.7. The molecule has 3 rings (SSSR count). The van der Waals surface area contributed by atoms with E-state index in [1.807, 2.05) is 30.3 Å². The van der Waals surface area contributed by atoms with Crippen LogP contribution in [-0.2, 0) is 12.3 Å². The van der Waals surface area contributed by atoms with Crippen LogP contribution in [-0.4, -0.2) is 33.6 Å². The Kier molecular flexibility index (Phi) is 7.61. The van der Waals surface area contributed by atoms with Crippen molar-refractivity contribution < 1.29 is 4.79 Å². The van der Waals surface area contributed by atoms with Gasteiger partial charge >= 0.3 is 0 Å². The van der Waals surface area contributed by atoms with E-state index in [4.69, 9.17) is 0 Å². The van der Waals surface area contributed by atoms with Crippen molar-refractivity contribution in [1.82, 2.24) is 15.1 Å². The number of carbonyl (C=O) groups excluding carboxylic acids is 1. The Hall–Kier alpha value is -1.74. The molecule has 1 aromatic carbocycles. The van der Waals surface area contributed by atoms with Gasteiger partial charge in [0.05, 0.1) is 0 Å². The number of rotatable bonds is 9. The van der Waals surface area contributed by atoms with Gasteiger partial charge in [0.1, 0.15) is 0 Å². The molecule has 2 heterocycles. The van der Waals surface area contributed by atoms with Crippen LogP contribution < -0.4 is 5.32 Å². The molecule has 1 N–H and O–H groups in total. The van der Waals surface area contributed by atoms with E-state index in [1.165, 1.54) is 21.8 Å². The molecule has 0 atom stereocenters. The van der Waals surface area contributed by atoms with Crippen molar-refractivity contribution in [3.63, 3.8) is 0 Å². The second-order valence-corrected chi connectivity index (χ2v) is 9.78. The Morgan fingerprint density at radius 1 is 1.21 bits per heavy atom. The molecular formula is C20H24N4OS3. The largest absolute Gasteiger partial charge is 0.297 e. The number of thiophene rings is 1. The molecule has 2 aromatic heterocycles. The van der Waals surface area contributed by atoms with Crippen LogP contribution in [0.2, 0.25) is 0 Å². The molecule has 1 amide bonds. The van der Waals surface area contributed by atoms with Crippen molar-refractivity contribution in [2.45, 2.75) is 43.5 Å². The van der Waals surface area contributed by atoms with E-state index in [1.54, 1.807) is 23.1 Å². The summed E-state index contributed by atoms with van der Waals surface area (Å²) < 4.78 is 0.854. The Morgan fingerprint density at radius 3 is 2.64 bits per heavy atom. The van der Waals surface area contributed by atoms with Crippen molar-refractivity contribution >= 4 is 45.5 Å². The standard InChI is InChI=1S/C20H24N4OS3/c1-4-24(14(2)3)12-15-7-9-16(10-8-15)18(25)21-19-22-23-20(28-19)27-13-17-6-5-11-26-17/h5-11,14H,4,12-13H2,1-3H3,(H,21,22,25). The number of thioether (sulfide) groups is 1. The van der Waals surface area contributed by atoms with Crippen molar-refractivity contribution in [1.29, 1.82) is 0 Å². The summed E-state index contributed by atoms with van der Waals surface area (Å²) in [6, 6.07) is 12.4. The van der Waals surface area contributed by atoms with Crippen molar-refractivity contribution in [3.05, 3.63) is 57.8 Å². The van der Waals surface area contributed by atoms with Gasteiger partial charge in [-0.1, -0.05) is 48.2 Å². The predicted molar refractivity (Wildman–Crippen MR) is 119 cm³/mol. The summed E-state index contributed by atoms with van der Waals surface area (Å²) in [5.41, 5.74) is 1.83. The minimum Gasteiger partial charge on any atom is -0.297 e. The molecule has 0 radical (unpaired) electrons. The average molecular weight is 433 g/mol. The smallest absolute Gasteiger partial charge is 0.257 e. The monoisotopic (exact) mass is 432 g/mol. The fourth-order valence-electron chi connectivity index (χ4n) is 2.67. The molecule has 5 nitrogen and oxygen atoms in total. The summed E-state index contributed by atoms with van der Waals surface area (Å²) in [6.45, 7) is 8.44. The maximum atomic E-state index is 12.5. The molecule has 0 aliphatic heterocycles. The van der Waals surface area contributed by atoms with E-state index >= 15 is 0 Å². The van der Waals surface area contributed by atoms with Crippen LogP contribution in [0.4, 0.5) is 5.13 Å². The topological polar surface area (TPSA) is 58.1 Å². The number of anilines is 1. The number of carbonyl (C=O) groups is 1. The quantitative estimate of drug-likeness (QED) is 0.364. The second kappa shape index (κ2) is 10.2. The first kappa shape index (κ1) is 21.0. The molecule has 0 aliphatic carbocycles. The van der Waals surface area contributed by atoms with E-state index < -0.39 is 0 Å². The van der Waals surface area contributed by atoms with E-state index in [-0.39, 0.29) is 5.91 Å². The summed E-state index contributed by atoms with van der Waals surface area (Å²) in [5.74, 6) is 0.709. The zero-order chi connectivity index (χ0) is 19.9. The minimum absolute atomic E-state index is 0.159. The first-order valence-electron chi connectivity index (χ1n) is 9.18. The van der Waals surface area contributed by atoms with Crippen molar-refractivity contribution in [3.8, 4) is 0 Å².